The third kappa shape index (κ3) is 2.31. The number of H-pyrrole nitrogens is 2. The van der Waals surface area contributed by atoms with Crippen LogP contribution in [0.25, 0.3) is 16.9 Å². The van der Waals surface area contributed by atoms with Gasteiger partial charge in [0.25, 0.3) is 11.2 Å². The fourth-order valence-corrected chi connectivity index (χ4v) is 2.57. The van der Waals surface area contributed by atoms with Crippen LogP contribution in [-0.2, 0) is 11.3 Å². The molecule has 0 fully saturated rings. The standard InChI is InChI=1S/C14H12N4O2S/c1-9(19)7-17-8-15-12-11(17)13(20)18(14(21)16-12)10-5-3-2-4-6-10/h2-6,8H,7H2,1H3,(H,16,20,21)/p+1. The summed E-state index contributed by atoms with van der Waals surface area (Å²) in [6, 6.07) is 9.15. The van der Waals surface area contributed by atoms with Gasteiger partial charge >= 0.3 is 5.56 Å². The molecular weight excluding hydrogens is 288 g/mol. The summed E-state index contributed by atoms with van der Waals surface area (Å²) in [5.41, 5.74) is 1.32. The van der Waals surface area contributed by atoms with E-state index in [0.29, 0.717) is 21.6 Å². The van der Waals surface area contributed by atoms with E-state index in [2.05, 4.69) is 9.97 Å². The molecule has 1 aromatic carbocycles. The fourth-order valence-electron chi connectivity index (χ4n) is 2.28. The van der Waals surface area contributed by atoms with Gasteiger partial charge < -0.3 is 0 Å². The Morgan fingerprint density at radius 1 is 1.33 bits per heavy atom. The first-order chi connectivity index (χ1) is 10.1. The number of ketones is 1. The van der Waals surface area contributed by atoms with Crippen LogP contribution in [-0.4, -0.2) is 20.3 Å². The van der Waals surface area contributed by atoms with E-state index in [1.165, 1.54) is 11.5 Å². The van der Waals surface area contributed by atoms with Crippen molar-refractivity contribution in [1.82, 2.24) is 14.5 Å². The number of Topliss-reactive ketones (excluding diaryl/α,β-unsaturated/α-hetero) is 1. The molecule has 0 unspecified atom stereocenters. The Hall–Kier alpha value is -2.54. The number of benzene rings is 1. The molecule has 0 radical (unpaired) electrons. The summed E-state index contributed by atoms with van der Waals surface area (Å²) in [7, 11) is 0. The van der Waals surface area contributed by atoms with Crippen molar-refractivity contribution in [3.63, 3.8) is 0 Å². The minimum absolute atomic E-state index is 0.0333. The minimum Gasteiger partial charge on any atom is -0.296 e. The second-order valence-electron chi connectivity index (χ2n) is 4.73. The van der Waals surface area contributed by atoms with Crippen molar-refractivity contribution < 1.29 is 9.36 Å². The number of carbonyl (C=O) groups is 1. The lowest BCUT2D eigenvalue weighted by molar-refractivity contribution is -0.658. The lowest BCUT2D eigenvalue weighted by Crippen LogP contribution is -2.40. The molecular formula is C14H13N4O2S+. The summed E-state index contributed by atoms with van der Waals surface area (Å²) in [5, 5.41) is 0. The van der Waals surface area contributed by atoms with Gasteiger partial charge in [-0.05, 0) is 31.3 Å². The summed E-state index contributed by atoms with van der Waals surface area (Å²) in [6.45, 7) is 1.61. The molecule has 106 valence electrons. The van der Waals surface area contributed by atoms with Crippen molar-refractivity contribution in [2.45, 2.75) is 13.5 Å². The highest BCUT2D eigenvalue weighted by Crippen LogP contribution is 2.07. The number of aromatic amines is 2. The van der Waals surface area contributed by atoms with Gasteiger partial charge in [-0.15, -0.1) is 0 Å². The third-order valence-electron chi connectivity index (χ3n) is 3.14. The van der Waals surface area contributed by atoms with Crippen LogP contribution >= 0.6 is 12.2 Å². The average molecular weight is 301 g/mol. The van der Waals surface area contributed by atoms with E-state index in [1.807, 2.05) is 18.2 Å². The van der Waals surface area contributed by atoms with Crippen LogP contribution in [0, 0.1) is 4.77 Å². The van der Waals surface area contributed by atoms with E-state index in [0.717, 1.165) is 0 Å². The molecule has 2 heterocycles. The number of nitrogens with zero attached hydrogens (tertiary/aromatic N) is 2. The summed E-state index contributed by atoms with van der Waals surface area (Å²) >= 11 is 5.26. The van der Waals surface area contributed by atoms with Gasteiger partial charge in [0, 0.05) is 0 Å². The molecule has 0 bridgehead atoms. The Morgan fingerprint density at radius 2 is 2.05 bits per heavy atom. The first-order valence-electron chi connectivity index (χ1n) is 6.38. The lowest BCUT2D eigenvalue weighted by atomic mass is 10.3. The SMILES string of the molecule is CC(=O)C[n+]1c[nH]c2[nH]c(=S)n(-c3ccccc3)c(=O)c21. The van der Waals surface area contributed by atoms with E-state index >= 15 is 0 Å². The van der Waals surface area contributed by atoms with Gasteiger partial charge in [0.2, 0.25) is 6.33 Å². The predicted molar refractivity (Wildman–Crippen MR) is 80.0 cm³/mol. The number of para-hydroxylation sites is 1. The number of fused-ring (bicyclic) bond motifs is 1. The second kappa shape index (κ2) is 5.10. The van der Waals surface area contributed by atoms with Crippen LogP contribution in [0.2, 0.25) is 0 Å². The van der Waals surface area contributed by atoms with E-state index in [-0.39, 0.29) is 17.9 Å². The molecule has 21 heavy (non-hydrogen) atoms. The predicted octanol–water partition coefficient (Wildman–Crippen LogP) is 1.25. The molecule has 2 N–H and O–H groups in total. The fraction of sp³-hybridized carbons (Fsp3) is 0.143. The van der Waals surface area contributed by atoms with Gasteiger partial charge in [-0.1, -0.05) is 18.2 Å². The number of imidazole rings is 1. The van der Waals surface area contributed by atoms with E-state index in [1.54, 1.807) is 23.0 Å². The minimum atomic E-state index is -0.262. The summed E-state index contributed by atoms with van der Waals surface area (Å²) in [6.07, 6.45) is 1.59. The van der Waals surface area contributed by atoms with E-state index in [9.17, 15) is 9.59 Å². The third-order valence-corrected chi connectivity index (χ3v) is 3.42. The maximum Gasteiger partial charge on any atom is 0.310 e. The molecule has 2 aromatic heterocycles. The van der Waals surface area contributed by atoms with E-state index in [4.69, 9.17) is 12.2 Å². The molecule has 6 nitrogen and oxygen atoms in total. The Balaban J connectivity index is 2.34. The highest BCUT2D eigenvalue weighted by molar-refractivity contribution is 7.71. The van der Waals surface area contributed by atoms with Gasteiger partial charge in [0.1, 0.15) is 6.54 Å². The van der Waals surface area contributed by atoms with Crippen LogP contribution < -0.4 is 10.1 Å². The van der Waals surface area contributed by atoms with Crippen molar-refractivity contribution >= 4 is 29.2 Å². The molecule has 0 aliphatic heterocycles. The summed E-state index contributed by atoms with van der Waals surface area (Å²) < 4.78 is 3.31. The van der Waals surface area contributed by atoms with Crippen molar-refractivity contribution in [1.29, 1.82) is 0 Å². The lowest BCUT2D eigenvalue weighted by Gasteiger charge is -2.04. The van der Waals surface area contributed by atoms with Crippen molar-refractivity contribution in [3.8, 4) is 5.69 Å². The molecule has 0 saturated heterocycles. The molecule has 7 heteroatoms. The number of hydrogen-bond acceptors (Lipinski definition) is 3. The molecule has 3 rings (SSSR count). The van der Waals surface area contributed by atoms with Crippen LogP contribution in [0.1, 0.15) is 6.92 Å². The Morgan fingerprint density at radius 3 is 2.71 bits per heavy atom. The molecule has 0 atom stereocenters. The van der Waals surface area contributed by atoms with Crippen molar-refractivity contribution in [2.75, 3.05) is 0 Å². The number of nitrogens with one attached hydrogen (secondary N) is 2. The Labute approximate surface area is 124 Å². The van der Waals surface area contributed by atoms with Gasteiger partial charge in [0.05, 0.1) is 5.69 Å². The quantitative estimate of drug-likeness (QED) is 0.565. The highest BCUT2D eigenvalue weighted by Gasteiger charge is 2.19. The first kappa shape index (κ1) is 13.4. The maximum absolute atomic E-state index is 12.7. The normalized spacial score (nSPS) is 10.9. The van der Waals surface area contributed by atoms with Crippen LogP contribution in [0.3, 0.4) is 0 Å². The summed E-state index contributed by atoms with van der Waals surface area (Å²) in [5.74, 6) is -0.0333. The molecule has 0 amide bonds. The van der Waals surface area contributed by atoms with Gasteiger partial charge in [-0.25, -0.2) is 14.1 Å². The average Bonchev–Trinajstić information content (AvgIpc) is 2.82. The second-order valence-corrected chi connectivity index (χ2v) is 5.12. The van der Waals surface area contributed by atoms with E-state index < -0.39 is 0 Å². The largest absolute Gasteiger partial charge is 0.310 e. The zero-order chi connectivity index (χ0) is 15.0. The maximum atomic E-state index is 12.7. The van der Waals surface area contributed by atoms with Gasteiger partial charge in [-0.2, -0.15) is 0 Å². The molecule has 0 aliphatic carbocycles. The smallest absolute Gasteiger partial charge is 0.296 e. The van der Waals surface area contributed by atoms with Crippen LogP contribution in [0.15, 0.2) is 41.5 Å². The topological polar surface area (TPSA) is 74.5 Å². The number of carbonyl (C=O) groups excluding carboxylic acids is 1. The molecule has 0 aliphatic rings. The zero-order valence-corrected chi connectivity index (χ0v) is 12.1. The number of rotatable bonds is 3. The number of hydrogen-bond donors (Lipinski definition) is 2. The van der Waals surface area contributed by atoms with Gasteiger partial charge in [0.15, 0.2) is 10.6 Å². The Kier molecular flexibility index (Phi) is 3.26. The zero-order valence-electron chi connectivity index (χ0n) is 11.3. The van der Waals surface area contributed by atoms with Crippen molar-refractivity contribution in [3.05, 3.63) is 51.8 Å². The van der Waals surface area contributed by atoms with Gasteiger partial charge in [-0.3, -0.25) is 14.6 Å². The Bertz CT molecular complexity index is 937. The first-order valence-corrected chi connectivity index (χ1v) is 6.79. The number of aromatic nitrogens is 4. The van der Waals surface area contributed by atoms with Crippen LogP contribution in [0.4, 0.5) is 0 Å². The monoisotopic (exact) mass is 301 g/mol. The molecule has 0 saturated carbocycles. The van der Waals surface area contributed by atoms with Crippen LogP contribution in [0.5, 0.6) is 0 Å². The molecule has 0 spiro atoms. The van der Waals surface area contributed by atoms with Crippen molar-refractivity contribution in [2.24, 2.45) is 0 Å². The molecule has 3 aromatic rings. The highest BCUT2D eigenvalue weighted by atomic mass is 32.1. The summed E-state index contributed by atoms with van der Waals surface area (Å²) in [4.78, 5) is 30.0.